The maximum Gasteiger partial charge on any atom is 0.282 e. The van der Waals surface area contributed by atoms with Crippen molar-refractivity contribution in [3.8, 4) is 0 Å². The van der Waals surface area contributed by atoms with Gasteiger partial charge in [0.15, 0.2) is 0 Å². The molecule has 19 heavy (non-hydrogen) atoms. The molecule has 2 heterocycles. The number of thioether (sulfide) groups is 1. The molecule has 0 aromatic carbocycles. The summed E-state index contributed by atoms with van der Waals surface area (Å²) in [5, 5.41) is 3.56. The first-order valence-electron chi connectivity index (χ1n) is 7.05. The molecule has 2 fully saturated rings. The minimum absolute atomic E-state index is 0.404. The summed E-state index contributed by atoms with van der Waals surface area (Å²) in [6.45, 7) is 5.66. The zero-order chi connectivity index (χ0) is 13.9. The summed E-state index contributed by atoms with van der Waals surface area (Å²) in [5.74, 6) is 1.36. The van der Waals surface area contributed by atoms with Gasteiger partial charge in [0.2, 0.25) is 0 Å². The molecule has 1 N–H and O–H groups in total. The third-order valence-electron chi connectivity index (χ3n) is 3.83. The Balaban J connectivity index is 2.02. The average molecular weight is 307 g/mol. The van der Waals surface area contributed by atoms with Gasteiger partial charge in [0, 0.05) is 37.2 Å². The molecular weight excluding hydrogens is 282 g/mol. The first kappa shape index (κ1) is 15.6. The van der Waals surface area contributed by atoms with E-state index in [1.807, 2.05) is 18.8 Å². The van der Waals surface area contributed by atoms with Gasteiger partial charge < -0.3 is 5.32 Å². The topological polar surface area (TPSA) is 52.7 Å². The van der Waals surface area contributed by atoms with Crippen molar-refractivity contribution in [2.24, 2.45) is 5.92 Å². The highest BCUT2D eigenvalue weighted by Gasteiger charge is 2.35. The molecule has 0 radical (unpaired) electrons. The quantitative estimate of drug-likeness (QED) is 0.826. The van der Waals surface area contributed by atoms with Crippen molar-refractivity contribution in [3.05, 3.63) is 0 Å². The fourth-order valence-corrected chi connectivity index (χ4v) is 5.89. The molecular formula is C12H25N3O2S2. The van der Waals surface area contributed by atoms with Gasteiger partial charge in [-0.2, -0.15) is 28.8 Å². The van der Waals surface area contributed by atoms with Crippen LogP contribution in [0.4, 0.5) is 0 Å². The zero-order valence-electron chi connectivity index (χ0n) is 11.8. The van der Waals surface area contributed by atoms with Gasteiger partial charge in [0.05, 0.1) is 0 Å². The van der Waals surface area contributed by atoms with Crippen LogP contribution in [0.2, 0.25) is 0 Å². The summed E-state index contributed by atoms with van der Waals surface area (Å²) in [7, 11) is -1.32. The van der Waals surface area contributed by atoms with E-state index in [0.717, 1.165) is 25.1 Å². The standard InChI is InChI=1S/C12H25N3O2S2/c1-11-9-15(6-7-18-11)19(16,17)14-5-3-4-12(10-14)8-13-2/h11-13H,3-10H2,1-2H3. The van der Waals surface area contributed by atoms with E-state index in [-0.39, 0.29) is 0 Å². The van der Waals surface area contributed by atoms with Crippen LogP contribution < -0.4 is 5.32 Å². The minimum Gasteiger partial charge on any atom is -0.319 e. The summed E-state index contributed by atoms with van der Waals surface area (Å²) >= 11 is 1.86. The molecule has 2 unspecified atom stereocenters. The van der Waals surface area contributed by atoms with Crippen molar-refractivity contribution >= 4 is 22.0 Å². The van der Waals surface area contributed by atoms with Crippen LogP contribution in [0.15, 0.2) is 0 Å². The number of rotatable bonds is 4. The SMILES string of the molecule is CNCC1CCCN(S(=O)(=O)N2CCSC(C)C2)C1. The maximum atomic E-state index is 12.7. The molecule has 0 amide bonds. The summed E-state index contributed by atoms with van der Waals surface area (Å²) in [6, 6.07) is 0. The van der Waals surface area contributed by atoms with E-state index in [0.29, 0.717) is 37.3 Å². The van der Waals surface area contributed by atoms with E-state index in [1.54, 1.807) is 8.61 Å². The molecule has 112 valence electrons. The van der Waals surface area contributed by atoms with Gasteiger partial charge in [-0.05, 0) is 32.4 Å². The Morgan fingerprint density at radius 2 is 2.00 bits per heavy atom. The average Bonchev–Trinajstić information content (AvgIpc) is 2.39. The number of hydrogen-bond acceptors (Lipinski definition) is 4. The predicted molar refractivity (Wildman–Crippen MR) is 80.6 cm³/mol. The Morgan fingerprint density at radius 1 is 1.26 bits per heavy atom. The molecule has 2 aliphatic heterocycles. The zero-order valence-corrected chi connectivity index (χ0v) is 13.5. The van der Waals surface area contributed by atoms with Gasteiger partial charge >= 0.3 is 0 Å². The first-order chi connectivity index (χ1) is 9.04. The smallest absolute Gasteiger partial charge is 0.282 e. The van der Waals surface area contributed by atoms with Crippen LogP contribution in [0.1, 0.15) is 19.8 Å². The number of piperidine rings is 1. The van der Waals surface area contributed by atoms with E-state index in [2.05, 4.69) is 12.2 Å². The van der Waals surface area contributed by atoms with Crippen LogP contribution >= 0.6 is 11.8 Å². The first-order valence-corrected chi connectivity index (χ1v) is 9.50. The lowest BCUT2D eigenvalue weighted by Crippen LogP contribution is -2.52. The van der Waals surface area contributed by atoms with Crippen LogP contribution in [-0.2, 0) is 10.2 Å². The molecule has 0 aromatic rings. The molecule has 2 saturated heterocycles. The molecule has 0 saturated carbocycles. The molecule has 2 atom stereocenters. The summed E-state index contributed by atoms with van der Waals surface area (Å²) < 4.78 is 28.7. The van der Waals surface area contributed by atoms with E-state index < -0.39 is 10.2 Å². The molecule has 2 rings (SSSR count). The Morgan fingerprint density at radius 3 is 2.68 bits per heavy atom. The normalized spacial score (nSPS) is 31.5. The number of nitrogens with zero attached hydrogens (tertiary/aromatic N) is 2. The number of nitrogens with one attached hydrogen (secondary N) is 1. The van der Waals surface area contributed by atoms with Gasteiger partial charge in [-0.3, -0.25) is 0 Å². The van der Waals surface area contributed by atoms with Crippen molar-refractivity contribution in [1.82, 2.24) is 13.9 Å². The summed E-state index contributed by atoms with van der Waals surface area (Å²) in [5.41, 5.74) is 0. The lowest BCUT2D eigenvalue weighted by atomic mass is 10.00. The molecule has 7 heteroatoms. The highest BCUT2D eigenvalue weighted by atomic mass is 32.2. The van der Waals surface area contributed by atoms with E-state index in [4.69, 9.17) is 0 Å². The third-order valence-corrected chi connectivity index (χ3v) is 6.94. The Kier molecular flexibility index (Phi) is 5.54. The fourth-order valence-electron chi connectivity index (χ4n) is 2.85. The second-order valence-corrected chi connectivity index (χ2v) is 8.95. The third kappa shape index (κ3) is 3.85. The lowest BCUT2D eigenvalue weighted by molar-refractivity contribution is 0.245. The van der Waals surface area contributed by atoms with Gasteiger partial charge in [-0.25, -0.2) is 0 Å². The Labute approximate surface area is 121 Å². The molecule has 0 bridgehead atoms. The van der Waals surface area contributed by atoms with Crippen LogP contribution in [-0.4, -0.2) is 67.8 Å². The highest BCUT2D eigenvalue weighted by Crippen LogP contribution is 2.25. The number of hydrogen-bond donors (Lipinski definition) is 1. The van der Waals surface area contributed by atoms with E-state index >= 15 is 0 Å². The van der Waals surface area contributed by atoms with Crippen molar-refractivity contribution in [2.75, 3.05) is 45.5 Å². The molecule has 5 nitrogen and oxygen atoms in total. The van der Waals surface area contributed by atoms with Crippen LogP contribution in [0, 0.1) is 5.92 Å². The lowest BCUT2D eigenvalue weighted by Gasteiger charge is -2.37. The van der Waals surface area contributed by atoms with Gasteiger partial charge in [-0.1, -0.05) is 6.92 Å². The van der Waals surface area contributed by atoms with Crippen molar-refractivity contribution in [3.63, 3.8) is 0 Å². The molecule has 0 spiro atoms. The van der Waals surface area contributed by atoms with Crippen LogP contribution in [0.25, 0.3) is 0 Å². The van der Waals surface area contributed by atoms with Crippen molar-refractivity contribution in [1.29, 1.82) is 0 Å². The largest absolute Gasteiger partial charge is 0.319 e. The van der Waals surface area contributed by atoms with Crippen molar-refractivity contribution in [2.45, 2.75) is 25.0 Å². The highest BCUT2D eigenvalue weighted by molar-refractivity contribution is 8.00. The van der Waals surface area contributed by atoms with E-state index in [1.165, 1.54) is 0 Å². The summed E-state index contributed by atoms with van der Waals surface area (Å²) in [4.78, 5) is 0. The predicted octanol–water partition coefficient (Wildman–Crippen LogP) is 0.600. The molecule has 2 aliphatic rings. The second kappa shape index (κ2) is 6.76. The monoisotopic (exact) mass is 307 g/mol. The maximum absolute atomic E-state index is 12.7. The van der Waals surface area contributed by atoms with Gasteiger partial charge in [-0.15, -0.1) is 0 Å². The molecule has 0 aromatic heterocycles. The second-order valence-electron chi connectivity index (χ2n) is 5.47. The van der Waals surface area contributed by atoms with Crippen LogP contribution in [0.5, 0.6) is 0 Å². The fraction of sp³-hybridized carbons (Fsp3) is 1.00. The summed E-state index contributed by atoms with van der Waals surface area (Å²) in [6.07, 6.45) is 2.10. The minimum atomic E-state index is -3.24. The Bertz CT molecular complexity index is 386. The van der Waals surface area contributed by atoms with Crippen molar-refractivity contribution < 1.29 is 8.42 Å². The van der Waals surface area contributed by atoms with E-state index in [9.17, 15) is 8.42 Å². The molecule has 0 aliphatic carbocycles. The van der Waals surface area contributed by atoms with Gasteiger partial charge in [0.25, 0.3) is 10.2 Å². The van der Waals surface area contributed by atoms with Gasteiger partial charge in [0.1, 0.15) is 0 Å². The van der Waals surface area contributed by atoms with Crippen LogP contribution in [0.3, 0.4) is 0 Å². The Hall–Kier alpha value is 0.180.